The Bertz CT molecular complexity index is 740. The average Bonchev–Trinajstić information content (AvgIpc) is 2.94. The molecule has 19 heavy (non-hydrogen) atoms. The first-order chi connectivity index (χ1) is 9.19. The van der Waals surface area contributed by atoms with E-state index in [0.29, 0.717) is 21.8 Å². The molecule has 0 aliphatic rings. The van der Waals surface area contributed by atoms with Crippen LogP contribution in [-0.2, 0) is 6.61 Å². The molecule has 0 aliphatic carbocycles. The summed E-state index contributed by atoms with van der Waals surface area (Å²) in [5.41, 5.74) is 0.566. The van der Waals surface area contributed by atoms with Gasteiger partial charge in [-0.25, -0.2) is 4.39 Å². The first-order valence-electron chi connectivity index (χ1n) is 5.37. The standard InChI is InChI=1S/C12H8BrFN2O2S/c13-8-5-7(1-2-9(8)14)18-11-10(6-17)16-3-4-19-12(16)15-11/h1-5,17H,6H2. The van der Waals surface area contributed by atoms with Gasteiger partial charge in [0.2, 0.25) is 5.88 Å². The highest BCUT2D eigenvalue weighted by Crippen LogP contribution is 2.30. The Hall–Kier alpha value is -1.44. The van der Waals surface area contributed by atoms with Gasteiger partial charge in [0, 0.05) is 11.6 Å². The summed E-state index contributed by atoms with van der Waals surface area (Å²) in [7, 11) is 0. The number of ether oxygens (including phenoxy) is 1. The summed E-state index contributed by atoms with van der Waals surface area (Å²) in [6.45, 7) is -0.185. The van der Waals surface area contributed by atoms with Gasteiger partial charge in [0.15, 0.2) is 4.96 Å². The van der Waals surface area contributed by atoms with E-state index in [9.17, 15) is 9.50 Å². The molecule has 3 aromatic rings. The van der Waals surface area contributed by atoms with Gasteiger partial charge >= 0.3 is 0 Å². The Morgan fingerprint density at radius 3 is 3.05 bits per heavy atom. The maximum absolute atomic E-state index is 13.1. The number of benzene rings is 1. The minimum atomic E-state index is -0.361. The first kappa shape index (κ1) is 12.6. The molecule has 0 radical (unpaired) electrons. The maximum atomic E-state index is 13.1. The number of aliphatic hydroxyl groups excluding tert-OH is 1. The van der Waals surface area contributed by atoms with E-state index in [0.717, 1.165) is 4.96 Å². The zero-order valence-electron chi connectivity index (χ0n) is 9.51. The number of nitrogens with zero attached hydrogens (tertiary/aromatic N) is 2. The number of fused-ring (bicyclic) bond motifs is 1. The number of aromatic nitrogens is 2. The third kappa shape index (κ3) is 2.24. The fourth-order valence-electron chi connectivity index (χ4n) is 1.69. The van der Waals surface area contributed by atoms with Crippen molar-refractivity contribution >= 4 is 32.2 Å². The van der Waals surface area contributed by atoms with Crippen LogP contribution in [0.3, 0.4) is 0 Å². The van der Waals surface area contributed by atoms with Gasteiger partial charge in [0.1, 0.15) is 17.3 Å². The maximum Gasteiger partial charge on any atom is 0.244 e. The third-order valence-electron chi connectivity index (χ3n) is 2.58. The van der Waals surface area contributed by atoms with Crippen LogP contribution in [0.25, 0.3) is 4.96 Å². The van der Waals surface area contributed by atoms with Crippen LogP contribution in [0.2, 0.25) is 0 Å². The van der Waals surface area contributed by atoms with Gasteiger partial charge in [-0.1, -0.05) is 0 Å². The average molecular weight is 343 g/mol. The van der Waals surface area contributed by atoms with Crippen LogP contribution < -0.4 is 4.74 Å². The summed E-state index contributed by atoms with van der Waals surface area (Å²) in [5.74, 6) is 0.419. The third-order valence-corrected chi connectivity index (χ3v) is 3.94. The summed E-state index contributed by atoms with van der Waals surface area (Å²) >= 11 is 4.54. The molecule has 0 bridgehead atoms. The van der Waals surface area contributed by atoms with Crippen LogP contribution in [0.4, 0.5) is 4.39 Å². The van der Waals surface area contributed by atoms with E-state index in [1.54, 1.807) is 4.40 Å². The second-order valence-electron chi connectivity index (χ2n) is 3.76. The Morgan fingerprint density at radius 2 is 2.32 bits per heavy atom. The molecule has 0 saturated carbocycles. The molecule has 0 unspecified atom stereocenters. The molecule has 1 N–H and O–H groups in total. The van der Waals surface area contributed by atoms with E-state index in [4.69, 9.17) is 4.74 Å². The summed E-state index contributed by atoms with van der Waals surface area (Å²) in [5, 5.41) is 11.3. The minimum Gasteiger partial charge on any atom is -0.437 e. The topological polar surface area (TPSA) is 46.8 Å². The van der Waals surface area contributed by atoms with E-state index < -0.39 is 0 Å². The molecular formula is C12H8BrFN2O2S. The van der Waals surface area contributed by atoms with E-state index in [-0.39, 0.29) is 12.4 Å². The highest BCUT2D eigenvalue weighted by atomic mass is 79.9. The summed E-state index contributed by atoms with van der Waals surface area (Å²) in [6.07, 6.45) is 1.81. The number of hydrogen-bond donors (Lipinski definition) is 1. The van der Waals surface area contributed by atoms with Gasteiger partial charge in [-0.2, -0.15) is 4.98 Å². The Balaban J connectivity index is 2.00. The lowest BCUT2D eigenvalue weighted by molar-refractivity contribution is 0.270. The van der Waals surface area contributed by atoms with Gasteiger partial charge in [-0.15, -0.1) is 11.3 Å². The van der Waals surface area contributed by atoms with Crippen LogP contribution in [-0.4, -0.2) is 14.5 Å². The SMILES string of the molecule is OCc1c(Oc2ccc(F)c(Br)c2)nc2sccn12. The molecule has 3 rings (SSSR count). The van der Waals surface area contributed by atoms with E-state index in [2.05, 4.69) is 20.9 Å². The Morgan fingerprint density at radius 1 is 1.47 bits per heavy atom. The summed E-state index contributed by atoms with van der Waals surface area (Å²) in [4.78, 5) is 5.02. The number of thiazole rings is 1. The predicted molar refractivity (Wildman–Crippen MR) is 73.2 cm³/mol. The lowest BCUT2D eigenvalue weighted by Gasteiger charge is -2.05. The highest BCUT2D eigenvalue weighted by molar-refractivity contribution is 9.10. The highest BCUT2D eigenvalue weighted by Gasteiger charge is 2.14. The second kappa shape index (κ2) is 4.92. The van der Waals surface area contributed by atoms with Crippen molar-refractivity contribution in [3.63, 3.8) is 0 Å². The molecular weight excluding hydrogens is 335 g/mol. The van der Waals surface area contributed by atoms with Crippen molar-refractivity contribution in [2.45, 2.75) is 6.61 Å². The molecule has 0 amide bonds. The molecule has 0 atom stereocenters. The summed E-state index contributed by atoms with van der Waals surface area (Å²) < 4.78 is 20.8. The fraction of sp³-hybridized carbons (Fsp3) is 0.0833. The van der Waals surface area contributed by atoms with Gasteiger partial charge in [0.05, 0.1) is 11.1 Å². The molecule has 2 aromatic heterocycles. The number of aliphatic hydroxyl groups is 1. The van der Waals surface area contributed by atoms with Crippen LogP contribution >= 0.6 is 27.3 Å². The number of halogens is 2. The molecule has 7 heteroatoms. The predicted octanol–water partition coefficient (Wildman–Crippen LogP) is 3.58. The van der Waals surface area contributed by atoms with Crippen molar-refractivity contribution in [3.05, 3.63) is 45.8 Å². The Kier molecular flexibility index (Phi) is 3.26. The molecule has 0 saturated heterocycles. The van der Waals surface area contributed by atoms with E-state index in [1.165, 1.54) is 29.5 Å². The molecule has 98 valence electrons. The molecule has 2 heterocycles. The van der Waals surface area contributed by atoms with Gasteiger partial charge in [-0.05, 0) is 34.1 Å². The lowest BCUT2D eigenvalue weighted by atomic mass is 10.3. The monoisotopic (exact) mass is 342 g/mol. The van der Waals surface area contributed by atoms with Crippen LogP contribution in [0, 0.1) is 5.82 Å². The molecule has 4 nitrogen and oxygen atoms in total. The molecule has 1 aromatic carbocycles. The van der Waals surface area contributed by atoms with E-state index >= 15 is 0 Å². The van der Waals surface area contributed by atoms with Crippen molar-refractivity contribution in [1.82, 2.24) is 9.38 Å². The van der Waals surface area contributed by atoms with Crippen molar-refractivity contribution in [2.75, 3.05) is 0 Å². The van der Waals surface area contributed by atoms with Crippen molar-refractivity contribution < 1.29 is 14.2 Å². The summed E-state index contributed by atoms with van der Waals surface area (Å²) in [6, 6.07) is 4.33. The minimum absolute atomic E-state index is 0.185. The number of rotatable bonds is 3. The quantitative estimate of drug-likeness (QED) is 0.791. The van der Waals surface area contributed by atoms with Crippen molar-refractivity contribution in [1.29, 1.82) is 0 Å². The molecule has 0 spiro atoms. The van der Waals surface area contributed by atoms with Crippen LogP contribution in [0.1, 0.15) is 5.69 Å². The fourth-order valence-corrected chi connectivity index (χ4v) is 2.77. The second-order valence-corrected chi connectivity index (χ2v) is 5.48. The largest absolute Gasteiger partial charge is 0.437 e. The Labute approximate surface area is 120 Å². The number of imidazole rings is 1. The zero-order chi connectivity index (χ0) is 13.4. The van der Waals surface area contributed by atoms with Gasteiger partial charge in [0.25, 0.3) is 0 Å². The van der Waals surface area contributed by atoms with Gasteiger partial charge in [-0.3, -0.25) is 4.40 Å². The number of hydrogen-bond acceptors (Lipinski definition) is 4. The van der Waals surface area contributed by atoms with Crippen molar-refractivity contribution in [2.24, 2.45) is 0 Å². The zero-order valence-corrected chi connectivity index (χ0v) is 11.9. The van der Waals surface area contributed by atoms with Crippen LogP contribution in [0.15, 0.2) is 34.2 Å². The molecule has 0 fully saturated rings. The van der Waals surface area contributed by atoms with Gasteiger partial charge < -0.3 is 9.84 Å². The van der Waals surface area contributed by atoms with E-state index in [1.807, 2.05) is 11.6 Å². The smallest absolute Gasteiger partial charge is 0.244 e. The van der Waals surface area contributed by atoms with Crippen molar-refractivity contribution in [3.8, 4) is 11.6 Å². The normalized spacial score (nSPS) is 11.1. The lowest BCUT2D eigenvalue weighted by Crippen LogP contribution is -1.93. The first-order valence-corrected chi connectivity index (χ1v) is 7.04. The molecule has 0 aliphatic heterocycles. The van der Waals surface area contributed by atoms with Crippen LogP contribution in [0.5, 0.6) is 11.6 Å².